The molecule has 2 amide bonds. The van der Waals surface area contributed by atoms with Gasteiger partial charge in [-0.15, -0.1) is 0 Å². The van der Waals surface area contributed by atoms with Crippen LogP contribution in [0.5, 0.6) is 5.75 Å². The summed E-state index contributed by atoms with van der Waals surface area (Å²) in [7, 11) is 0. The summed E-state index contributed by atoms with van der Waals surface area (Å²) in [6.45, 7) is 5.48. The Morgan fingerprint density at radius 2 is 1.52 bits per heavy atom. The van der Waals surface area contributed by atoms with Crippen molar-refractivity contribution in [3.05, 3.63) is 94.0 Å². The minimum Gasteiger partial charge on any atom is -0.423 e. The number of carbonyl (C=O) groups is 3. The molecule has 0 aliphatic rings. The van der Waals surface area contributed by atoms with Crippen molar-refractivity contribution in [2.24, 2.45) is 5.10 Å². The first-order valence-electron chi connectivity index (χ1n) is 10.0. The highest BCUT2D eigenvalue weighted by Gasteiger charge is 2.14. The van der Waals surface area contributed by atoms with Gasteiger partial charge in [-0.25, -0.2) is 10.2 Å². The Labute approximate surface area is 196 Å². The number of hydrogen-bond donors (Lipinski definition) is 2. The van der Waals surface area contributed by atoms with Crippen LogP contribution in [0, 0.1) is 13.8 Å². The van der Waals surface area contributed by atoms with Crippen LogP contribution < -0.4 is 15.5 Å². The summed E-state index contributed by atoms with van der Waals surface area (Å²) in [6.07, 6.45) is 0. The lowest BCUT2D eigenvalue weighted by Crippen LogP contribution is -2.33. The number of esters is 1. The largest absolute Gasteiger partial charge is 0.423 e. The Balaban J connectivity index is 1.58. The molecule has 0 radical (unpaired) electrons. The van der Waals surface area contributed by atoms with E-state index in [0.29, 0.717) is 33.3 Å². The molecule has 0 aliphatic heterocycles. The molecule has 3 rings (SSSR count). The van der Waals surface area contributed by atoms with Crippen molar-refractivity contribution in [3.8, 4) is 5.75 Å². The van der Waals surface area contributed by atoms with Crippen LogP contribution in [0.3, 0.4) is 0 Å². The molecule has 2 N–H and O–H groups in total. The number of benzene rings is 3. The molecule has 0 unspecified atom stereocenters. The van der Waals surface area contributed by atoms with Crippen molar-refractivity contribution in [2.45, 2.75) is 20.8 Å². The van der Waals surface area contributed by atoms with Crippen molar-refractivity contribution in [3.63, 3.8) is 0 Å². The number of aryl methyl sites for hydroxylation is 2. The predicted molar refractivity (Wildman–Crippen MR) is 128 cm³/mol. The van der Waals surface area contributed by atoms with Gasteiger partial charge in [0.05, 0.1) is 11.3 Å². The van der Waals surface area contributed by atoms with Gasteiger partial charge in [0.15, 0.2) is 0 Å². The summed E-state index contributed by atoms with van der Waals surface area (Å²) in [5.41, 5.74) is 6.21. The van der Waals surface area contributed by atoms with Gasteiger partial charge in [-0.3, -0.25) is 9.59 Å². The molecule has 0 heterocycles. The van der Waals surface area contributed by atoms with E-state index in [9.17, 15) is 14.4 Å². The summed E-state index contributed by atoms with van der Waals surface area (Å²) in [5.74, 6) is -1.90. The van der Waals surface area contributed by atoms with Crippen LogP contribution in [0.4, 0.5) is 5.69 Å². The van der Waals surface area contributed by atoms with Gasteiger partial charge in [0.2, 0.25) is 0 Å². The third-order valence-electron chi connectivity index (χ3n) is 4.55. The van der Waals surface area contributed by atoms with E-state index in [4.69, 9.17) is 16.3 Å². The second-order valence-electron chi connectivity index (χ2n) is 7.39. The van der Waals surface area contributed by atoms with Gasteiger partial charge in [-0.2, -0.15) is 5.10 Å². The second-order valence-corrected chi connectivity index (χ2v) is 7.83. The number of hydrogen-bond acceptors (Lipinski definition) is 5. The molecule has 168 valence electrons. The quantitative estimate of drug-likeness (QED) is 0.189. The number of hydrazone groups is 1. The minimum absolute atomic E-state index is 0.339. The number of ether oxygens (including phenoxy) is 1. The molecule has 7 nitrogen and oxygen atoms in total. The molecule has 0 aliphatic carbocycles. The van der Waals surface area contributed by atoms with Gasteiger partial charge in [-0.1, -0.05) is 23.7 Å². The Hall–Kier alpha value is -3.97. The lowest BCUT2D eigenvalue weighted by atomic mass is 10.1. The number of carbonyl (C=O) groups excluding carboxylic acids is 3. The molecule has 33 heavy (non-hydrogen) atoms. The molecule has 0 bridgehead atoms. The van der Waals surface area contributed by atoms with E-state index in [1.54, 1.807) is 61.5 Å². The average molecular weight is 464 g/mol. The highest BCUT2D eigenvalue weighted by molar-refractivity contribution is 6.39. The lowest BCUT2D eigenvalue weighted by Gasteiger charge is -2.08. The standard InChI is InChI=1S/C25H22ClN3O4/c1-15-11-16(2)13-21(12-15)27-23(30)24(31)29-28-17(3)18-7-9-22(10-8-18)33-25(32)19-5-4-6-20(26)14-19/h4-14H,1-3H3,(H,27,30)(H,29,31)/b28-17+. The molecule has 0 atom stereocenters. The molecule has 0 fully saturated rings. The number of nitrogens with zero attached hydrogens (tertiary/aromatic N) is 1. The molecule has 3 aromatic rings. The summed E-state index contributed by atoms with van der Waals surface area (Å²) in [6, 6.07) is 18.5. The maximum absolute atomic E-state index is 12.2. The van der Waals surface area contributed by atoms with Gasteiger partial charge in [-0.05, 0) is 92.1 Å². The number of rotatable bonds is 5. The number of halogens is 1. The van der Waals surface area contributed by atoms with Crippen LogP contribution in [0.15, 0.2) is 71.8 Å². The predicted octanol–water partition coefficient (Wildman–Crippen LogP) is 4.65. The average Bonchev–Trinajstić information content (AvgIpc) is 2.77. The first-order chi connectivity index (χ1) is 15.7. The zero-order chi connectivity index (χ0) is 24.0. The van der Waals surface area contributed by atoms with Gasteiger partial charge in [0, 0.05) is 10.7 Å². The fourth-order valence-electron chi connectivity index (χ4n) is 3.03. The van der Waals surface area contributed by atoms with Gasteiger partial charge >= 0.3 is 17.8 Å². The minimum atomic E-state index is -0.888. The molecular weight excluding hydrogens is 442 g/mol. The Kier molecular flexibility index (Phi) is 7.58. The van der Waals surface area contributed by atoms with Crippen LogP contribution in [-0.2, 0) is 9.59 Å². The molecule has 3 aromatic carbocycles. The van der Waals surface area contributed by atoms with Crippen LogP contribution in [-0.4, -0.2) is 23.5 Å². The SMILES string of the molecule is C/C(=N\NC(=O)C(=O)Nc1cc(C)cc(C)c1)c1ccc(OC(=O)c2cccc(Cl)c2)cc1. The van der Waals surface area contributed by atoms with Crippen molar-refractivity contribution >= 4 is 40.8 Å². The van der Waals surface area contributed by atoms with Crippen molar-refractivity contribution < 1.29 is 19.1 Å². The highest BCUT2D eigenvalue weighted by Crippen LogP contribution is 2.17. The second kappa shape index (κ2) is 10.6. The molecule has 0 saturated heterocycles. The van der Waals surface area contributed by atoms with E-state index in [1.807, 2.05) is 19.9 Å². The van der Waals surface area contributed by atoms with E-state index >= 15 is 0 Å². The summed E-state index contributed by atoms with van der Waals surface area (Å²) >= 11 is 5.90. The smallest absolute Gasteiger partial charge is 0.343 e. The third-order valence-corrected chi connectivity index (χ3v) is 4.79. The van der Waals surface area contributed by atoms with Crippen LogP contribution in [0.1, 0.15) is 34.0 Å². The summed E-state index contributed by atoms with van der Waals surface area (Å²) in [4.78, 5) is 36.4. The maximum atomic E-state index is 12.2. The zero-order valence-corrected chi connectivity index (χ0v) is 19.1. The fourth-order valence-corrected chi connectivity index (χ4v) is 3.22. The first-order valence-corrected chi connectivity index (χ1v) is 10.4. The highest BCUT2D eigenvalue weighted by atomic mass is 35.5. The Morgan fingerprint density at radius 1 is 0.848 bits per heavy atom. The van der Waals surface area contributed by atoms with Crippen molar-refractivity contribution in [1.29, 1.82) is 0 Å². The number of nitrogens with one attached hydrogen (secondary N) is 2. The Morgan fingerprint density at radius 3 is 2.15 bits per heavy atom. The summed E-state index contributed by atoms with van der Waals surface area (Å²) < 4.78 is 5.33. The number of amides is 2. The van der Waals surface area contributed by atoms with E-state index in [2.05, 4.69) is 15.8 Å². The normalized spacial score (nSPS) is 11.0. The monoisotopic (exact) mass is 463 g/mol. The fraction of sp³-hybridized carbons (Fsp3) is 0.120. The van der Waals surface area contributed by atoms with Gasteiger partial charge < -0.3 is 10.1 Å². The maximum Gasteiger partial charge on any atom is 0.343 e. The van der Waals surface area contributed by atoms with Crippen molar-refractivity contribution in [1.82, 2.24) is 5.43 Å². The van der Waals surface area contributed by atoms with Crippen LogP contribution in [0.2, 0.25) is 5.02 Å². The molecule has 8 heteroatoms. The van der Waals surface area contributed by atoms with E-state index < -0.39 is 17.8 Å². The molecule has 0 aromatic heterocycles. The third kappa shape index (κ3) is 6.75. The molecular formula is C25H22ClN3O4. The molecule has 0 spiro atoms. The van der Waals surface area contributed by atoms with Gasteiger partial charge in [0.1, 0.15) is 5.75 Å². The lowest BCUT2D eigenvalue weighted by molar-refractivity contribution is -0.136. The van der Waals surface area contributed by atoms with E-state index in [1.165, 1.54) is 6.07 Å². The van der Waals surface area contributed by atoms with Gasteiger partial charge in [0.25, 0.3) is 0 Å². The topological polar surface area (TPSA) is 96.9 Å². The van der Waals surface area contributed by atoms with Crippen molar-refractivity contribution in [2.75, 3.05) is 5.32 Å². The van der Waals surface area contributed by atoms with E-state index in [0.717, 1.165) is 11.1 Å². The van der Waals surface area contributed by atoms with E-state index in [-0.39, 0.29) is 0 Å². The van der Waals surface area contributed by atoms with Crippen LogP contribution >= 0.6 is 11.6 Å². The number of anilines is 1. The zero-order valence-electron chi connectivity index (χ0n) is 18.3. The first kappa shape index (κ1) is 23.7. The Bertz CT molecular complexity index is 1220. The summed E-state index contributed by atoms with van der Waals surface area (Å²) in [5, 5.41) is 6.97. The van der Waals surface area contributed by atoms with Crippen LogP contribution in [0.25, 0.3) is 0 Å². The molecule has 0 saturated carbocycles.